The molecule has 0 saturated carbocycles. The Hall–Kier alpha value is 0.146. The van der Waals surface area contributed by atoms with E-state index in [0.29, 0.717) is 12.8 Å². The van der Waals surface area contributed by atoms with Crippen LogP contribution in [0.1, 0.15) is 73.6 Å². The molecule has 0 spiro atoms. The van der Waals surface area contributed by atoms with Gasteiger partial charge in [0.1, 0.15) is 11.3 Å². The Morgan fingerprint density at radius 2 is 1.52 bits per heavy atom. The molecular weight excluding hydrogens is 371 g/mol. The third-order valence-corrected chi connectivity index (χ3v) is 4.94. The van der Waals surface area contributed by atoms with E-state index in [2.05, 4.69) is 0 Å². The third kappa shape index (κ3) is 6.58. The maximum absolute atomic E-state index is 12.9. The molecule has 27 heavy (non-hydrogen) atoms. The number of aliphatic hydroxyl groups excluding tert-OH is 1. The van der Waals surface area contributed by atoms with Crippen molar-refractivity contribution >= 4 is 68.7 Å². The molecule has 2 atom stereocenters. The van der Waals surface area contributed by atoms with Crippen LogP contribution in [-0.4, -0.2) is 84.5 Å². The SMILES string of the molecule is CC(C)CCC(=O)[C@@]1(O)C(O)=C(C(=O)CC(C)C)C(=O)[C@@H]1CCC(C)C.[KH]. The van der Waals surface area contributed by atoms with Gasteiger partial charge in [-0.05, 0) is 30.6 Å². The van der Waals surface area contributed by atoms with Crippen molar-refractivity contribution in [2.45, 2.75) is 79.2 Å². The summed E-state index contributed by atoms with van der Waals surface area (Å²) in [6.45, 7) is 11.6. The Kier molecular flexibility index (Phi) is 11.4. The molecule has 0 aliphatic heterocycles. The molecule has 150 valence electrons. The Morgan fingerprint density at radius 3 is 1.96 bits per heavy atom. The molecule has 0 heterocycles. The molecule has 2 N–H and O–H groups in total. The number of hydrogen-bond donors (Lipinski definition) is 2. The van der Waals surface area contributed by atoms with Crippen molar-refractivity contribution in [2.75, 3.05) is 0 Å². The van der Waals surface area contributed by atoms with Gasteiger partial charge in [0.15, 0.2) is 23.0 Å². The average molecular weight is 407 g/mol. The van der Waals surface area contributed by atoms with Crippen molar-refractivity contribution in [2.24, 2.45) is 23.7 Å². The van der Waals surface area contributed by atoms with E-state index in [4.69, 9.17) is 0 Å². The summed E-state index contributed by atoms with van der Waals surface area (Å²) in [5.41, 5.74) is -2.63. The van der Waals surface area contributed by atoms with Gasteiger partial charge < -0.3 is 10.2 Å². The van der Waals surface area contributed by atoms with Crippen LogP contribution in [0, 0.1) is 23.7 Å². The molecule has 0 aromatic heterocycles. The fourth-order valence-electron chi connectivity index (χ4n) is 3.36. The zero-order valence-corrected chi connectivity index (χ0v) is 17.0. The molecule has 0 aromatic rings. The first-order valence-corrected chi connectivity index (χ1v) is 9.69. The van der Waals surface area contributed by atoms with Crippen LogP contribution in [0.5, 0.6) is 0 Å². The van der Waals surface area contributed by atoms with Gasteiger partial charge in [0.25, 0.3) is 0 Å². The second-order valence-electron chi connectivity index (χ2n) is 8.75. The van der Waals surface area contributed by atoms with Crippen molar-refractivity contribution in [3.05, 3.63) is 11.3 Å². The Balaban J connectivity index is 0.00000676. The van der Waals surface area contributed by atoms with Crippen LogP contribution in [0.25, 0.3) is 0 Å². The molecule has 5 nitrogen and oxygen atoms in total. The van der Waals surface area contributed by atoms with Gasteiger partial charge in [0.05, 0.1) is 5.92 Å². The molecule has 0 saturated heterocycles. The number of aliphatic hydroxyl groups is 2. The summed E-state index contributed by atoms with van der Waals surface area (Å²) in [7, 11) is 0. The molecular formula is C21H35KO5. The van der Waals surface area contributed by atoms with Crippen LogP contribution in [-0.2, 0) is 14.4 Å². The number of allylic oxidation sites excluding steroid dienone is 1. The molecule has 0 bridgehead atoms. The van der Waals surface area contributed by atoms with Crippen molar-refractivity contribution in [1.82, 2.24) is 0 Å². The van der Waals surface area contributed by atoms with Crippen LogP contribution < -0.4 is 0 Å². The number of ketones is 3. The molecule has 1 rings (SSSR count). The molecule has 1 aliphatic carbocycles. The van der Waals surface area contributed by atoms with Gasteiger partial charge in [-0.1, -0.05) is 48.0 Å². The average Bonchev–Trinajstić information content (AvgIpc) is 2.69. The van der Waals surface area contributed by atoms with Crippen molar-refractivity contribution in [3.63, 3.8) is 0 Å². The van der Waals surface area contributed by atoms with Crippen LogP contribution in [0.15, 0.2) is 11.3 Å². The van der Waals surface area contributed by atoms with Gasteiger partial charge in [-0.25, -0.2) is 0 Å². The van der Waals surface area contributed by atoms with E-state index in [0.717, 1.165) is 0 Å². The summed E-state index contributed by atoms with van der Waals surface area (Å²) in [4.78, 5) is 38.1. The van der Waals surface area contributed by atoms with E-state index in [9.17, 15) is 24.6 Å². The second-order valence-corrected chi connectivity index (χ2v) is 8.75. The molecule has 0 amide bonds. The van der Waals surface area contributed by atoms with Crippen LogP contribution in [0.2, 0.25) is 0 Å². The van der Waals surface area contributed by atoms with Crippen LogP contribution in [0.4, 0.5) is 0 Å². The molecule has 6 heteroatoms. The van der Waals surface area contributed by atoms with Crippen LogP contribution >= 0.6 is 0 Å². The first-order chi connectivity index (χ1) is 11.9. The minimum absolute atomic E-state index is 0. The van der Waals surface area contributed by atoms with Gasteiger partial charge in [-0.3, -0.25) is 14.4 Å². The fourth-order valence-corrected chi connectivity index (χ4v) is 3.36. The van der Waals surface area contributed by atoms with Crippen molar-refractivity contribution < 1.29 is 24.6 Å². The monoisotopic (exact) mass is 406 g/mol. The Morgan fingerprint density at radius 1 is 1.00 bits per heavy atom. The summed E-state index contributed by atoms with van der Waals surface area (Å²) < 4.78 is 0. The predicted octanol–water partition coefficient (Wildman–Crippen LogP) is 3.14. The predicted molar refractivity (Wildman–Crippen MR) is 108 cm³/mol. The molecule has 1 aliphatic rings. The summed E-state index contributed by atoms with van der Waals surface area (Å²) in [6.07, 6.45) is 1.60. The maximum atomic E-state index is 12.9. The number of carbonyl (C=O) groups is 3. The van der Waals surface area contributed by atoms with E-state index in [-0.39, 0.29) is 94.0 Å². The molecule has 0 aromatic carbocycles. The summed E-state index contributed by atoms with van der Waals surface area (Å²) in [5, 5.41) is 21.7. The van der Waals surface area contributed by atoms with Gasteiger partial charge in [-0.15, -0.1) is 0 Å². The summed E-state index contributed by atoms with van der Waals surface area (Å²) in [6, 6.07) is 0. The number of carbonyl (C=O) groups excluding carboxylic acids is 3. The normalized spacial score (nSPS) is 22.7. The van der Waals surface area contributed by atoms with Gasteiger partial charge in [0.2, 0.25) is 0 Å². The van der Waals surface area contributed by atoms with E-state index in [1.54, 1.807) is 0 Å². The molecule has 0 radical (unpaired) electrons. The quantitative estimate of drug-likeness (QED) is 0.429. The number of rotatable bonds is 10. The zero-order valence-electron chi connectivity index (χ0n) is 17.0. The Labute approximate surface area is 205 Å². The van der Waals surface area contributed by atoms with Crippen molar-refractivity contribution in [1.29, 1.82) is 0 Å². The van der Waals surface area contributed by atoms with E-state index >= 15 is 0 Å². The first kappa shape index (κ1) is 27.1. The Bertz CT molecular complexity index is 591. The number of hydrogen-bond acceptors (Lipinski definition) is 5. The summed E-state index contributed by atoms with van der Waals surface area (Å²) in [5.74, 6) is -2.92. The van der Waals surface area contributed by atoms with Crippen LogP contribution in [0.3, 0.4) is 0 Å². The minimum atomic E-state index is -2.26. The third-order valence-electron chi connectivity index (χ3n) is 4.94. The standard InChI is InChI=1S/C21H34O5.K.H/c1-12(2)7-9-15-19(24)18(16(22)11-14(5)6)20(25)21(15,26)17(23)10-8-13(3)4;;/h12-15,25-26H,7-11H2,1-6H3;;/t15-,21+;;/m0../s1. The fraction of sp³-hybridized carbons (Fsp3) is 0.762. The van der Waals surface area contributed by atoms with Crippen molar-refractivity contribution in [3.8, 4) is 0 Å². The van der Waals surface area contributed by atoms with Gasteiger partial charge in [0, 0.05) is 12.8 Å². The second kappa shape index (κ2) is 11.4. The first-order valence-electron chi connectivity index (χ1n) is 9.69. The molecule has 0 fully saturated rings. The van der Waals surface area contributed by atoms with Gasteiger partial charge in [-0.2, -0.15) is 0 Å². The van der Waals surface area contributed by atoms with Gasteiger partial charge >= 0.3 is 51.4 Å². The number of Topliss-reactive ketones (excluding diaryl/α,β-unsaturated/α-hetero) is 3. The van der Waals surface area contributed by atoms with E-state index < -0.39 is 34.6 Å². The zero-order chi connectivity index (χ0) is 20.2. The topological polar surface area (TPSA) is 91.7 Å². The summed E-state index contributed by atoms with van der Waals surface area (Å²) >= 11 is 0. The molecule has 0 unspecified atom stereocenters. The van der Waals surface area contributed by atoms with E-state index in [1.807, 2.05) is 41.5 Å². The van der Waals surface area contributed by atoms with E-state index in [1.165, 1.54) is 0 Å².